The van der Waals surface area contributed by atoms with Gasteiger partial charge < -0.3 is 0 Å². The van der Waals surface area contributed by atoms with Gasteiger partial charge in [-0.2, -0.15) is 0 Å². The number of hydrogen-bond donors (Lipinski definition) is 1. The van der Waals surface area contributed by atoms with Crippen molar-refractivity contribution >= 4 is 56.5 Å². The van der Waals surface area contributed by atoms with Gasteiger partial charge in [0.15, 0.2) is 0 Å². The van der Waals surface area contributed by atoms with E-state index in [1.165, 1.54) is 24.3 Å². The smallest absolute Gasteiger partial charge is 0.268 e. The van der Waals surface area contributed by atoms with Crippen molar-refractivity contribution in [2.75, 3.05) is 9.62 Å². The molecule has 3 aromatic carbocycles. The van der Waals surface area contributed by atoms with E-state index in [4.69, 9.17) is 11.6 Å². The molecular formula is C27H20ClN5O4S. The maximum absolute atomic E-state index is 13.4. The largest absolute Gasteiger partial charge is 0.284 e. The molecule has 38 heavy (non-hydrogen) atoms. The molecule has 0 aliphatic carbocycles. The number of fused-ring (bicyclic) bond motifs is 1. The predicted octanol–water partition coefficient (Wildman–Crippen LogP) is 4.86. The number of anilines is 2. The third kappa shape index (κ3) is 4.91. The molecule has 0 fully saturated rings. The Hall–Kier alpha value is -4.41. The van der Waals surface area contributed by atoms with Crippen LogP contribution in [0.4, 0.5) is 17.3 Å². The highest BCUT2D eigenvalue weighted by Crippen LogP contribution is 2.34. The molecule has 5 rings (SSSR count). The van der Waals surface area contributed by atoms with Crippen molar-refractivity contribution in [3.63, 3.8) is 0 Å². The minimum atomic E-state index is -3.97. The van der Waals surface area contributed by atoms with Gasteiger partial charge in [0.05, 0.1) is 16.3 Å². The first-order chi connectivity index (χ1) is 18.1. The average Bonchev–Trinajstić information content (AvgIpc) is 3.14. The van der Waals surface area contributed by atoms with Crippen molar-refractivity contribution in [2.45, 2.75) is 18.7 Å². The molecule has 11 heteroatoms. The molecule has 1 N–H and O–H groups in total. The third-order valence-corrected chi connectivity index (χ3v) is 7.26. The Kier molecular flexibility index (Phi) is 6.52. The first-order valence-corrected chi connectivity index (χ1v) is 13.3. The Morgan fingerprint density at radius 1 is 0.921 bits per heavy atom. The molecule has 1 aromatic heterocycles. The number of sulfonamides is 1. The number of carbonyl (C=O) groups is 2. The zero-order valence-corrected chi connectivity index (χ0v) is 21.8. The standard InChI is InChI=1S/C27H20ClN5O4S/c1-16-14-17(2)30-27(29-16)32-38(36,37)21-11-9-20(10-12-21)31-24-22-15-19(28)8-13-23(22)33(26(24)35)25(34)18-6-4-3-5-7-18/h3-15H,1-2H3,(H,29,30,32). The summed E-state index contributed by atoms with van der Waals surface area (Å²) in [5.74, 6) is -1.13. The summed E-state index contributed by atoms with van der Waals surface area (Å²) < 4.78 is 28.1. The zero-order valence-electron chi connectivity index (χ0n) is 20.2. The Labute approximate surface area is 223 Å². The number of rotatable bonds is 5. The van der Waals surface area contributed by atoms with Gasteiger partial charge >= 0.3 is 0 Å². The molecular weight excluding hydrogens is 526 g/mol. The SMILES string of the molecule is Cc1cc(C)nc(NS(=O)(=O)c2ccc(N=C3C(=O)N(C(=O)c4ccccc4)c4ccc(Cl)cc43)cc2)n1. The number of benzene rings is 3. The van der Waals surface area contributed by atoms with Crippen LogP contribution in [0.1, 0.15) is 27.3 Å². The summed E-state index contributed by atoms with van der Waals surface area (Å²) in [5.41, 5.74) is 2.70. The molecule has 190 valence electrons. The molecule has 9 nitrogen and oxygen atoms in total. The normalized spacial score (nSPS) is 14.0. The van der Waals surface area contributed by atoms with Crippen molar-refractivity contribution in [1.29, 1.82) is 0 Å². The summed E-state index contributed by atoms with van der Waals surface area (Å²) in [4.78, 5) is 40.3. The van der Waals surface area contributed by atoms with E-state index >= 15 is 0 Å². The maximum Gasteiger partial charge on any atom is 0.284 e. The summed E-state index contributed by atoms with van der Waals surface area (Å²) in [7, 11) is -3.97. The number of nitrogens with zero attached hydrogens (tertiary/aromatic N) is 4. The van der Waals surface area contributed by atoms with E-state index in [0.29, 0.717) is 38.9 Å². The molecule has 0 bridgehead atoms. The Bertz CT molecular complexity index is 1700. The van der Waals surface area contributed by atoms with Gasteiger partial charge in [0, 0.05) is 27.5 Å². The quantitative estimate of drug-likeness (QED) is 0.358. The van der Waals surface area contributed by atoms with Crippen LogP contribution in [0, 0.1) is 13.8 Å². The average molecular weight is 546 g/mol. The number of aryl methyl sites for hydroxylation is 2. The van der Waals surface area contributed by atoms with Crippen LogP contribution < -0.4 is 9.62 Å². The minimum Gasteiger partial charge on any atom is -0.268 e. The fraction of sp³-hybridized carbons (Fsp3) is 0.0741. The molecule has 0 unspecified atom stereocenters. The van der Waals surface area contributed by atoms with Crippen LogP contribution >= 0.6 is 11.6 Å². The lowest BCUT2D eigenvalue weighted by molar-refractivity contribution is -0.111. The van der Waals surface area contributed by atoms with E-state index in [1.54, 1.807) is 68.4 Å². The van der Waals surface area contributed by atoms with Gasteiger partial charge in [0.25, 0.3) is 21.8 Å². The molecule has 0 atom stereocenters. The predicted molar refractivity (Wildman–Crippen MR) is 145 cm³/mol. The van der Waals surface area contributed by atoms with Crippen LogP contribution in [0.2, 0.25) is 5.02 Å². The summed E-state index contributed by atoms with van der Waals surface area (Å²) in [6.45, 7) is 3.48. The minimum absolute atomic E-state index is 0.0177. The second-order valence-corrected chi connectivity index (χ2v) is 10.6. The van der Waals surface area contributed by atoms with Gasteiger partial charge in [0.1, 0.15) is 5.71 Å². The molecule has 2 heterocycles. The highest BCUT2D eigenvalue weighted by Gasteiger charge is 2.38. The molecule has 1 aliphatic heterocycles. The number of aromatic nitrogens is 2. The lowest BCUT2D eigenvalue weighted by Gasteiger charge is -2.14. The number of nitrogens with one attached hydrogen (secondary N) is 1. The van der Waals surface area contributed by atoms with E-state index in [-0.39, 0.29) is 16.6 Å². The second-order valence-electron chi connectivity index (χ2n) is 8.51. The molecule has 4 aromatic rings. The number of imide groups is 1. The second kappa shape index (κ2) is 9.81. The van der Waals surface area contributed by atoms with Crippen molar-refractivity contribution < 1.29 is 18.0 Å². The number of aliphatic imine (C=N–C) groups is 1. The molecule has 0 saturated carbocycles. The van der Waals surface area contributed by atoms with Crippen molar-refractivity contribution in [3.05, 3.63) is 106 Å². The van der Waals surface area contributed by atoms with Gasteiger partial charge in [0.2, 0.25) is 5.95 Å². The molecule has 1 aliphatic rings. The number of carbonyl (C=O) groups excluding carboxylic acids is 2. The van der Waals surface area contributed by atoms with E-state index < -0.39 is 21.8 Å². The highest BCUT2D eigenvalue weighted by molar-refractivity contribution is 7.92. The van der Waals surface area contributed by atoms with Crippen molar-refractivity contribution in [3.8, 4) is 0 Å². The summed E-state index contributed by atoms with van der Waals surface area (Å²) in [5, 5.41) is 0.374. The molecule has 0 saturated heterocycles. The Morgan fingerprint density at radius 3 is 2.24 bits per heavy atom. The van der Waals surface area contributed by atoms with Crippen molar-refractivity contribution in [1.82, 2.24) is 9.97 Å². The first-order valence-electron chi connectivity index (χ1n) is 11.4. The summed E-state index contributed by atoms with van der Waals surface area (Å²) in [6.07, 6.45) is 0. The van der Waals surface area contributed by atoms with Gasteiger partial charge in [-0.1, -0.05) is 29.8 Å². The van der Waals surface area contributed by atoms with Gasteiger partial charge in [-0.25, -0.2) is 33.0 Å². The number of halogens is 1. The van der Waals surface area contributed by atoms with Crippen LogP contribution in [0.25, 0.3) is 0 Å². The highest BCUT2D eigenvalue weighted by atomic mass is 35.5. The van der Waals surface area contributed by atoms with E-state index in [0.717, 1.165) is 4.90 Å². The van der Waals surface area contributed by atoms with E-state index in [9.17, 15) is 18.0 Å². The van der Waals surface area contributed by atoms with Crippen LogP contribution in [0.3, 0.4) is 0 Å². The van der Waals surface area contributed by atoms with Gasteiger partial charge in [-0.3, -0.25) is 9.59 Å². The van der Waals surface area contributed by atoms with Crippen LogP contribution in [0.15, 0.2) is 88.8 Å². The fourth-order valence-electron chi connectivity index (χ4n) is 4.02. The topological polar surface area (TPSA) is 122 Å². The lowest BCUT2D eigenvalue weighted by Crippen LogP contribution is -2.36. The first kappa shape index (κ1) is 25.2. The van der Waals surface area contributed by atoms with Gasteiger partial charge in [-0.15, -0.1) is 0 Å². The number of hydrogen-bond acceptors (Lipinski definition) is 7. The van der Waals surface area contributed by atoms with E-state index in [2.05, 4.69) is 19.7 Å². The monoisotopic (exact) mass is 545 g/mol. The van der Waals surface area contributed by atoms with Crippen molar-refractivity contribution in [2.24, 2.45) is 4.99 Å². The Balaban J connectivity index is 1.47. The lowest BCUT2D eigenvalue weighted by atomic mass is 10.1. The van der Waals surface area contributed by atoms with Crippen LogP contribution in [-0.2, 0) is 14.8 Å². The fourth-order valence-corrected chi connectivity index (χ4v) is 5.14. The van der Waals surface area contributed by atoms with Crippen LogP contribution in [-0.4, -0.2) is 35.9 Å². The summed E-state index contributed by atoms with van der Waals surface area (Å²) in [6, 6.07) is 20.6. The van der Waals surface area contributed by atoms with Crippen LogP contribution in [0.5, 0.6) is 0 Å². The number of amides is 2. The summed E-state index contributed by atoms with van der Waals surface area (Å²) >= 11 is 6.19. The molecule has 2 amide bonds. The van der Waals surface area contributed by atoms with Gasteiger partial charge in [-0.05, 0) is 74.5 Å². The molecule has 0 radical (unpaired) electrons. The molecule has 0 spiro atoms. The Morgan fingerprint density at radius 2 is 1.58 bits per heavy atom. The third-order valence-electron chi connectivity index (χ3n) is 5.68. The van der Waals surface area contributed by atoms with E-state index in [1.807, 2.05) is 0 Å². The maximum atomic E-state index is 13.4. The zero-order chi connectivity index (χ0) is 27.0.